The Morgan fingerprint density at radius 3 is 2.56 bits per heavy atom. The highest BCUT2D eigenvalue weighted by atomic mass is 32.1. The van der Waals surface area contributed by atoms with Crippen LogP contribution in [-0.4, -0.2) is 18.9 Å². The zero-order valence-corrected chi connectivity index (χ0v) is 19.6. The van der Waals surface area contributed by atoms with Gasteiger partial charge in [-0.15, -0.1) is 11.3 Å². The number of fused-ring (bicyclic) bond motifs is 1. The molecule has 1 aromatic carbocycles. The van der Waals surface area contributed by atoms with Gasteiger partial charge in [0, 0.05) is 4.88 Å². The van der Waals surface area contributed by atoms with Crippen LogP contribution in [0.1, 0.15) is 58.5 Å². The number of para-hydroxylation sites is 2. The van der Waals surface area contributed by atoms with Gasteiger partial charge in [0.1, 0.15) is 10.8 Å². The molecule has 0 unspecified atom stereocenters. The number of carbonyl (C=O) groups excluding carboxylic acids is 2. The summed E-state index contributed by atoms with van der Waals surface area (Å²) >= 11 is 1.49. The lowest BCUT2D eigenvalue weighted by Gasteiger charge is -2.33. The number of nitrogens with one attached hydrogen (secondary N) is 2. The fraction of sp³-hybridized carbons (Fsp3) is 0.360. The van der Waals surface area contributed by atoms with E-state index in [1.165, 1.54) is 17.6 Å². The van der Waals surface area contributed by atoms with E-state index < -0.39 is 0 Å². The number of amides is 2. The van der Waals surface area contributed by atoms with Crippen LogP contribution in [0.4, 0.5) is 10.7 Å². The molecule has 1 atom stereocenters. The molecule has 2 heterocycles. The topological polar surface area (TPSA) is 80.6 Å². The fourth-order valence-electron chi connectivity index (χ4n) is 4.16. The van der Waals surface area contributed by atoms with Crippen LogP contribution in [0.25, 0.3) is 0 Å². The van der Waals surface area contributed by atoms with Crippen molar-refractivity contribution in [2.24, 2.45) is 11.3 Å². The van der Waals surface area contributed by atoms with E-state index in [-0.39, 0.29) is 23.0 Å². The SMILES string of the molecule is COc1ccccc1NC(=O)c1c(NC(=O)c2ccco2)sc2c1CC[C@H](C(C)(C)C)C2. The van der Waals surface area contributed by atoms with Crippen molar-refractivity contribution in [3.63, 3.8) is 0 Å². The highest BCUT2D eigenvalue weighted by molar-refractivity contribution is 7.17. The van der Waals surface area contributed by atoms with Crippen LogP contribution >= 0.6 is 11.3 Å². The number of hydrogen-bond donors (Lipinski definition) is 2. The molecular weight excluding hydrogens is 424 g/mol. The number of furan rings is 1. The summed E-state index contributed by atoms with van der Waals surface area (Å²) in [6.45, 7) is 6.77. The summed E-state index contributed by atoms with van der Waals surface area (Å²) in [6.07, 6.45) is 4.17. The van der Waals surface area contributed by atoms with E-state index in [1.807, 2.05) is 12.1 Å². The van der Waals surface area contributed by atoms with Crippen molar-refractivity contribution in [2.75, 3.05) is 17.7 Å². The van der Waals surface area contributed by atoms with Crippen LogP contribution < -0.4 is 15.4 Å². The molecule has 32 heavy (non-hydrogen) atoms. The standard InChI is InChI=1S/C25H28N2O4S/c1-25(2,3)15-11-12-16-20(14-15)32-24(27-22(28)19-10-7-13-31-19)21(16)23(29)26-17-8-5-6-9-18(17)30-4/h5-10,13,15H,11-12,14H2,1-4H3,(H,26,29)(H,27,28)/t15-/m0/s1. The van der Waals surface area contributed by atoms with Crippen molar-refractivity contribution in [1.82, 2.24) is 0 Å². The predicted molar refractivity (Wildman–Crippen MR) is 127 cm³/mol. The van der Waals surface area contributed by atoms with E-state index in [1.54, 1.807) is 31.4 Å². The Labute approximate surface area is 192 Å². The number of thiophene rings is 1. The Bertz CT molecular complexity index is 1130. The Morgan fingerprint density at radius 2 is 1.88 bits per heavy atom. The van der Waals surface area contributed by atoms with Crippen molar-refractivity contribution < 1.29 is 18.7 Å². The Morgan fingerprint density at radius 1 is 1.09 bits per heavy atom. The molecule has 2 aromatic heterocycles. The number of methoxy groups -OCH3 is 1. The second-order valence-corrected chi connectivity index (χ2v) is 10.2. The first kappa shape index (κ1) is 22.1. The predicted octanol–water partition coefficient (Wildman–Crippen LogP) is 6.01. The van der Waals surface area contributed by atoms with Gasteiger partial charge in [-0.25, -0.2) is 0 Å². The average Bonchev–Trinajstić information content (AvgIpc) is 3.41. The van der Waals surface area contributed by atoms with Gasteiger partial charge in [0.2, 0.25) is 0 Å². The number of rotatable bonds is 5. The average molecular weight is 453 g/mol. The van der Waals surface area contributed by atoms with E-state index in [2.05, 4.69) is 31.4 Å². The molecule has 0 saturated carbocycles. The molecule has 4 rings (SSSR count). The number of hydrogen-bond acceptors (Lipinski definition) is 5. The van der Waals surface area contributed by atoms with Crippen LogP contribution in [0.5, 0.6) is 5.75 Å². The van der Waals surface area contributed by atoms with E-state index >= 15 is 0 Å². The van der Waals surface area contributed by atoms with Crippen molar-refractivity contribution in [3.8, 4) is 5.75 Å². The van der Waals surface area contributed by atoms with Crippen molar-refractivity contribution >= 4 is 33.8 Å². The fourth-order valence-corrected chi connectivity index (χ4v) is 5.48. The molecule has 0 bridgehead atoms. The minimum absolute atomic E-state index is 0.180. The first-order valence-electron chi connectivity index (χ1n) is 10.7. The highest BCUT2D eigenvalue weighted by Crippen LogP contribution is 2.44. The largest absolute Gasteiger partial charge is 0.495 e. The summed E-state index contributed by atoms with van der Waals surface area (Å²) in [7, 11) is 1.57. The second kappa shape index (κ2) is 8.82. The first-order valence-corrected chi connectivity index (χ1v) is 11.5. The van der Waals surface area contributed by atoms with Crippen LogP contribution in [0.3, 0.4) is 0 Å². The van der Waals surface area contributed by atoms with Gasteiger partial charge in [-0.1, -0.05) is 32.9 Å². The molecule has 0 fully saturated rings. The van der Waals surface area contributed by atoms with E-state index in [4.69, 9.17) is 9.15 Å². The molecule has 0 saturated heterocycles. The minimum Gasteiger partial charge on any atom is -0.495 e. The van der Waals surface area contributed by atoms with Crippen molar-refractivity contribution in [2.45, 2.75) is 40.0 Å². The summed E-state index contributed by atoms with van der Waals surface area (Å²) in [5.41, 5.74) is 2.33. The summed E-state index contributed by atoms with van der Waals surface area (Å²) in [4.78, 5) is 27.3. The van der Waals surface area contributed by atoms with Crippen LogP contribution in [0.15, 0.2) is 47.1 Å². The third-order valence-electron chi connectivity index (χ3n) is 6.04. The molecule has 0 spiro atoms. The summed E-state index contributed by atoms with van der Waals surface area (Å²) in [5, 5.41) is 6.44. The Balaban J connectivity index is 1.70. The van der Waals surface area contributed by atoms with E-state index in [0.717, 1.165) is 29.7 Å². The molecule has 1 aliphatic rings. The van der Waals surface area contributed by atoms with Gasteiger partial charge in [-0.3, -0.25) is 9.59 Å². The lowest BCUT2D eigenvalue weighted by atomic mass is 9.72. The zero-order chi connectivity index (χ0) is 22.9. The van der Waals surface area contributed by atoms with E-state index in [9.17, 15) is 9.59 Å². The molecule has 3 aromatic rings. The maximum atomic E-state index is 13.4. The minimum atomic E-state index is -0.368. The van der Waals surface area contributed by atoms with Crippen molar-refractivity contribution in [3.05, 3.63) is 64.4 Å². The summed E-state index contributed by atoms with van der Waals surface area (Å²) in [5.74, 6) is 0.689. The van der Waals surface area contributed by atoms with Gasteiger partial charge in [0.05, 0.1) is 24.6 Å². The molecular formula is C25H28N2O4S. The number of anilines is 2. The second-order valence-electron chi connectivity index (χ2n) is 9.10. The first-order chi connectivity index (χ1) is 15.3. The Hall–Kier alpha value is -3.06. The molecule has 7 heteroatoms. The monoisotopic (exact) mass is 452 g/mol. The maximum Gasteiger partial charge on any atom is 0.291 e. The molecule has 1 aliphatic carbocycles. The van der Waals surface area contributed by atoms with Crippen LogP contribution in [-0.2, 0) is 12.8 Å². The summed E-state index contributed by atoms with van der Waals surface area (Å²) < 4.78 is 10.6. The summed E-state index contributed by atoms with van der Waals surface area (Å²) in [6, 6.07) is 10.6. The van der Waals surface area contributed by atoms with Crippen molar-refractivity contribution in [1.29, 1.82) is 0 Å². The van der Waals surface area contributed by atoms with E-state index in [0.29, 0.717) is 27.9 Å². The van der Waals surface area contributed by atoms with Gasteiger partial charge in [0.25, 0.3) is 11.8 Å². The quantitative estimate of drug-likeness (QED) is 0.497. The van der Waals surface area contributed by atoms with Crippen LogP contribution in [0.2, 0.25) is 0 Å². The molecule has 6 nitrogen and oxygen atoms in total. The number of benzene rings is 1. The van der Waals surface area contributed by atoms with Gasteiger partial charge in [-0.05, 0) is 60.4 Å². The molecule has 2 amide bonds. The van der Waals surface area contributed by atoms with Gasteiger partial charge < -0.3 is 19.8 Å². The van der Waals surface area contributed by atoms with Gasteiger partial charge in [-0.2, -0.15) is 0 Å². The van der Waals surface area contributed by atoms with Gasteiger partial charge in [0.15, 0.2) is 5.76 Å². The molecule has 0 aliphatic heterocycles. The number of ether oxygens (including phenoxy) is 1. The molecule has 168 valence electrons. The third-order valence-corrected chi connectivity index (χ3v) is 7.21. The number of carbonyl (C=O) groups is 2. The maximum absolute atomic E-state index is 13.4. The zero-order valence-electron chi connectivity index (χ0n) is 18.8. The molecule has 0 radical (unpaired) electrons. The lowest BCUT2D eigenvalue weighted by molar-refractivity contribution is 0.0997. The smallest absolute Gasteiger partial charge is 0.291 e. The van der Waals surface area contributed by atoms with Crippen LogP contribution in [0, 0.1) is 11.3 Å². The highest BCUT2D eigenvalue weighted by Gasteiger charge is 2.34. The normalized spacial score (nSPS) is 15.7. The molecule has 2 N–H and O–H groups in total. The third kappa shape index (κ3) is 4.43. The Kier molecular flexibility index (Phi) is 6.11. The van der Waals surface area contributed by atoms with Gasteiger partial charge >= 0.3 is 0 Å². The lowest BCUT2D eigenvalue weighted by Crippen LogP contribution is -2.27.